The molecule has 7 heteroatoms. The van der Waals surface area contributed by atoms with Crippen LogP contribution in [0.3, 0.4) is 0 Å². The Morgan fingerprint density at radius 1 is 1.27 bits per heavy atom. The van der Waals surface area contributed by atoms with Crippen LogP contribution in [0, 0.1) is 0 Å². The van der Waals surface area contributed by atoms with Crippen LogP contribution in [0.2, 0.25) is 0 Å². The van der Waals surface area contributed by atoms with Gasteiger partial charge in [-0.05, 0) is 44.9 Å². The van der Waals surface area contributed by atoms with Crippen LogP contribution < -0.4 is 10.1 Å². The van der Waals surface area contributed by atoms with Crippen molar-refractivity contribution in [2.45, 2.75) is 37.6 Å². The molecule has 1 aromatic carbocycles. The van der Waals surface area contributed by atoms with Crippen molar-refractivity contribution in [3.8, 4) is 5.75 Å². The van der Waals surface area contributed by atoms with Gasteiger partial charge in [-0.3, -0.25) is 4.79 Å². The highest BCUT2D eigenvalue weighted by atomic mass is 32.2. The van der Waals surface area contributed by atoms with Crippen molar-refractivity contribution in [2.24, 2.45) is 0 Å². The quantitative estimate of drug-likeness (QED) is 0.892. The van der Waals surface area contributed by atoms with E-state index in [1.54, 1.807) is 0 Å². The second-order valence-corrected chi connectivity index (χ2v) is 7.54. The molecule has 1 N–H and O–H groups in total. The average Bonchev–Trinajstić information content (AvgIpc) is 3.00. The van der Waals surface area contributed by atoms with Gasteiger partial charge in [-0.15, -0.1) is 0 Å². The van der Waals surface area contributed by atoms with Crippen LogP contribution in [0.5, 0.6) is 5.75 Å². The summed E-state index contributed by atoms with van der Waals surface area (Å²) in [4.78, 5) is 12.4. The molecule has 1 heterocycles. The summed E-state index contributed by atoms with van der Waals surface area (Å²) in [5.41, 5.74) is 0.233. The van der Waals surface area contributed by atoms with Gasteiger partial charge in [0.15, 0.2) is 0 Å². The number of hydrogen-bond donors (Lipinski definition) is 1. The van der Waals surface area contributed by atoms with Gasteiger partial charge < -0.3 is 10.1 Å². The zero-order valence-electron chi connectivity index (χ0n) is 13.1. The van der Waals surface area contributed by atoms with E-state index in [0.717, 1.165) is 12.8 Å². The van der Waals surface area contributed by atoms with Crippen molar-refractivity contribution in [1.29, 1.82) is 0 Å². The van der Waals surface area contributed by atoms with Gasteiger partial charge in [0.2, 0.25) is 10.0 Å². The van der Waals surface area contributed by atoms with Gasteiger partial charge in [-0.1, -0.05) is 0 Å². The van der Waals surface area contributed by atoms with E-state index in [0.29, 0.717) is 18.8 Å². The highest BCUT2D eigenvalue weighted by Crippen LogP contribution is 2.26. The minimum Gasteiger partial charge on any atom is -0.496 e. The summed E-state index contributed by atoms with van der Waals surface area (Å²) in [6.45, 7) is 4.74. The number of carbonyl (C=O) groups is 1. The van der Waals surface area contributed by atoms with Gasteiger partial charge >= 0.3 is 0 Å². The number of carbonyl (C=O) groups excluding carboxylic acids is 1. The van der Waals surface area contributed by atoms with Crippen LogP contribution in [-0.2, 0) is 10.0 Å². The smallest absolute Gasteiger partial charge is 0.255 e. The number of rotatable bonds is 5. The SMILES string of the molecule is COc1ccc(S(=O)(=O)N2CCCC2)cc1C(=O)NC(C)C. The number of nitrogens with one attached hydrogen (secondary N) is 1. The Bertz CT molecular complexity index is 650. The van der Waals surface area contributed by atoms with Crippen molar-refractivity contribution in [3.05, 3.63) is 23.8 Å². The van der Waals surface area contributed by atoms with Crippen LogP contribution in [-0.4, -0.2) is 44.9 Å². The van der Waals surface area contributed by atoms with Crippen LogP contribution in [0.4, 0.5) is 0 Å². The maximum atomic E-state index is 12.6. The van der Waals surface area contributed by atoms with Gasteiger partial charge in [-0.2, -0.15) is 4.31 Å². The zero-order valence-corrected chi connectivity index (χ0v) is 13.9. The van der Waals surface area contributed by atoms with E-state index >= 15 is 0 Å². The molecule has 1 aromatic rings. The molecule has 0 aromatic heterocycles. The van der Waals surface area contributed by atoms with E-state index < -0.39 is 10.0 Å². The predicted octanol–water partition coefficient (Wildman–Crippen LogP) is 1.62. The molecular weight excluding hydrogens is 304 g/mol. The Labute approximate surface area is 131 Å². The standard InChI is InChI=1S/C15H22N2O4S/c1-11(2)16-15(18)13-10-12(6-7-14(13)21-3)22(19,20)17-8-4-5-9-17/h6-7,10-11H,4-5,8-9H2,1-3H3,(H,16,18). The van der Waals surface area contributed by atoms with Crippen LogP contribution >= 0.6 is 0 Å². The molecule has 1 aliphatic heterocycles. The molecule has 1 aliphatic rings. The number of nitrogens with zero attached hydrogens (tertiary/aromatic N) is 1. The Morgan fingerprint density at radius 3 is 2.45 bits per heavy atom. The molecular formula is C15H22N2O4S. The van der Waals surface area contributed by atoms with Gasteiger partial charge in [0, 0.05) is 19.1 Å². The monoisotopic (exact) mass is 326 g/mol. The number of sulfonamides is 1. The third-order valence-electron chi connectivity index (χ3n) is 3.54. The molecule has 0 saturated carbocycles. The molecule has 0 spiro atoms. The summed E-state index contributed by atoms with van der Waals surface area (Å²) in [5, 5.41) is 2.75. The lowest BCUT2D eigenvalue weighted by molar-refractivity contribution is 0.0940. The molecule has 1 amide bonds. The minimum atomic E-state index is -3.55. The van der Waals surface area contributed by atoms with E-state index in [2.05, 4.69) is 5.32 Å². The first-order valence-corrected chi connectivity index (χ1v) is 8.79. The van der Waals surface area contributed by atoms with E-state index in [1.165, 1.54) is 29.6 Å². The number of amides is 1. The summed E-state index contributed by atoms with van der Waals surface area (Å²) in [5.74, 6) is 0.0174. The summed E-state index contributed by atoms with van der Waals surface area (Å²) < 4.78 is 31.8. The van der Waals surface area contributed by atoms with E-state index in [4.69, 9.17) is 4.74 Å². The third kappa shape index (κ3) is 3.41. The number of benzene rings is 1. The van der Waals surface area contributed by atoms with Gasteiger partial charge in [0.05, 0.1) is 17.6 Å². The molecule has 1 fully saturated rings. The Kier molecular flexibility index (Phi) is 5.08. The summed E-state index contributed by atoms with van der Waals surface area (Å²) in [6, 6.07) is 4.36. The first kappa shape index (κ1) is 16.8. The second-order valence-electron chi connectivity index (χ2n) is 5.60. The highest BCUT2D eigenvalue weighted by Gasteiger charge is 2.28. The minimum absolute atomic E-state index is 0.0453. The highest BCUT2D eigenvalue weighted by molar-refractivity contribution is 7.89. The molecule has 0 aliphatic carbocycles. The lowest BCUT2D eigenvalue weighted by atomic mass is 10.2. The van der Waals surface area contributed by atoms with Crippen molar-refractivity contribution in [3.63, 3.8) is 0 Å². The molecule has 1 saturated heterocycles. The fourth-order valence-corrected chi connectivity index (χ4v) is 3.99. The van der Waals surface area contributed by atoms with Crippen molar-refractivity contribution in [2.75, 3.05) is 20.2 Å². The molecule has 6 nitrogen and oxygen atoms in total. The predicted molar refractivity (Wildman–Crippen MR) is 83.6 cm³/mol. The van der Waals surface area contributed by atoms with Crippen LogP contribution in [0.25, 0.3) is 0 Å². The van der Waals surface area contributed by atoms with Crippen LogP contribution in [0.15, 0.2) is 23.1 Å². The summed E-state index contributed by atoms with van der Waals surface area (Å²) in [7, 11) is -2.10. The fraction of sp³-hybridized carbons (Fsp3) is 0.533. The zero-order chi connectivity index (χ0) is 16.3. The second kappa shape index (κ2) is 6.66. The first-order valence-electron chi connectivity index (χ1n) is 7.35. The number of hydrogen-bond acceptors (Lipinski definition) is 4. The first-order chi connectivity index (χ1) is 10.4. The molecule has 122 valence electrons. The topological polar surface area (TPSA) is 75.7 Å². The summed E-state index contributed by atoms with van der Waals surface area (Å²) >= 11 is 0. The van der Waals surface area contributed by atoms with E-state index in [9.17, 15) is 13.2 Å². The Balaban J connectivity index is 2.40. The van der Waals surface area contributed by atoms with E-state index in [-0.39, 0.29) is 22.4 Å². The Morgan fingerprint density at radius 2 is 1.91 bits per heavy atom. The molecule has 0 radical (unpaired) electrons. The number of methoxy groups -OCH3 is 1. The third-order valence-corrected chi connectivity index (χ3v) is 5.43. The maximum Gasteiger partial charge on any atom is 0.255 e. The fourth-order valence-electron chi connectivity index (χ4n) is 2.44. The van der Waals surface area contributed by atoms with Crippen molar-refractivity contribution in [1.82, 2.24) is 9.62 Å². The number of ether oxygens (including phenoxy) is 1. The van der Waals surface area contributed by atoms with Gasteiger partial charge in [0.1, 0.15) is 5.75 Å². The molecule has 0 bridgehead atoms. The van der Waals surface area contributed by atoms with Crippen LogP contribution in [0.1, 0.15) is 37.0 Å². The molecule has 2 rings (SSSR count). The Hall–Kier alpha value is -1.60. The lowest BCUT2D eigenvalue weighted by Gasteiger charge is -2.17. The van der Waals surface area contributed by atoms with Crippen molar-refractivity contribution >= 4 is 15.9 Å². The summed E-state index contributed by atoms with van der Waals surface area (Å²) in [6.07, 6.45) is 1.74. The van der Waals surface area contributed by atoms with Crippen molar-refractivity contribution < 1.29 is 17.9 Å². The van der Waals surface area contributed by atoms with Gasteiger partial charge in [0.25, 0.3) is 5.91 Å². The largest absolute Gasteiger partial charge is 0.496 e. The molecule has 0 unspecified atom stereocenters. The van der Waals surface area contributed by atoms with E-state index in [1.807, 2.05) is 13.8 Å². The lowest BCUT2D eigenvalue weighted by Crippen LogP contribution is -2.31. The van der Waals surface area contributed by atoms with Gasteiger partial charge in [-0.25, -0.2) is 8.42 Å². The average molecular weight is 326 g/mol. The maximum absolute atomic E-state index is 12.6. The molecule has 0 atom stereocenters. The molecule has 22 heavy (non-hydrogen) atoms. The normalized spacial score (nSPS) is 16.0.